The molecule has 1 N–H and O–H groups in total. The van der Waals surface area contributed by atoms with Crippen LogP contribution >= 0.6 is 0 Å². The highest BCUT2D eigenvalue weighted by molar-refractivity contribution is 4.52. The molecule has 6 heavy (non-hydrogen) atoms. The first-order chi connectivity index (χ1) is 2.89. The Morgan fingerprint density at radius 3 is 2.83 bits per heavy atom. The Labute approximate surface area is 35.9 Å². The third-order valence-corrected chi connectivity index (χ3v) is 0.712. The molecule has 1 rings (SSSR count). The predicted octanol–water partition coefficient (Wildman–Crippen LogP) is -0.512. The summed E-state index contributed by atoms with van der Waals surface area (Å²) < 4.78 is 0.875. The van der Waals surface area contributed by atoms with Crippen LogP contribution in [0.15, 0.2) is 0 Å². The summed E-state index contributed by atoms with van der Waals surface area (Å²) in [6, 6.07) is 0. The lowest BCUT2D eigenvalue weighted by Gasteiger charge is -1.64. The van der Waals surface area contributed by atoms with Crippen LogP contribution in [0.1, 0.15) is 0 Å². The van der Waals surface area contributed by atoms with Gasteiger partial charge in [0.25, 0.3) is 0 Å². The van der Waals surface area contributed by atoms with Crippen molar-refractivity contribution in [3.05, 3.63) is 11.6 Å². The number of rotatable bonds is 0. The molecule has 0 saturated carbocycles. The van der Waals surface area contributed by atoms with E-state index >= 15 is 0 Å². The summed E-state index contributed by atoms with van der Waals surface area (Å²) in [5.41, 5.74) is 0. The fourth-order valence-electron chi connectivity index (χ4n) is 0.406. The van der Waals surface area contributed by atoms with E-state index in [1.807, 2.05) is 0 Å². The molecule has 3 nitrogen and oxygen atoms in total. The van der Waals surface area contributed by atoms with Gasteiger partial charge >= 0.3 is 6.67 Å². The van der Waals surface area contributed by atoms with E-state index in [0.717, 1.165) is 11.3 Å². The van der Waals surface area contributed by atoms with Crippen molar-refractivity contribution in [1.82, 2.24) is 5.32 Å². The summed E-state index contributed by atoms with van der Waals surface area (Å²) in [6.07, 6.45) is 0. The van der Waals surface area contributed by atoms with E-state index in [0.29, 0.717) is 6.54 Å². The molecule has 0 aliphatic carbocycles. The van der Waals surface area contributed by atoms with Gasteiger partial charge in [-0.15, -0.1) is 0 Å². The molecule has 0 amide bonds. The molecule has 0 atom stereocenters. The molecular weight excluding hydrogens is 80.0 g/mol. The summed E-state index contributed by atoms with van der Waals surface area (Å²) in [7, 11) is 0. The molecule has 3 heteroatoms. The van der Waals surface area contributed by atoms with Gasteiger partial charge in [-0.05, 0) is 0 Å². The van der Waals surface area contributed by atoms with Gasteiger partial charge in [0.15, 0.2) is 0 Å². The van der Waals surface area contributed by atoms with Crippen molar-refractivity contribution in [3.63, 3.8) is 0 Å². The predicted molar refractivity (Wildman–Crippen MR) is 20.8 cm³/mol. The van der Waals surface area contributed by atoms with Crippen molar-refractivity contribution in [2.24, 2.45) is 0 Å². The highest BCUT2D eigenvalue weighted by atomic mass is 16.3. The van der Waals surface area contributed by atoms with E-state index in [2.05, 4.69) is 5.32 Å². The lowest BCUT2D eigenvalue weighted by molar-refractivity contribution is -0.490. The molecule has 1 aliphatic heterocycles. The van der Waals surface area contributed by atoms with Gasteiger partial charge in [0.05, 0.1) is 6.54 Å². The molecule has 0 spiro atoms. The van der Waals surface area contributed by atoms with Crippen LogP contribution in [0.2, 0.25) is 0 Å². The maximum atomic E-state index is 10.0. The summed E-state index contributed by atoms with van der Waals surface area (Å²) in [5, 5.41) is 2.76. The normalized spacial score (nSPS) is 22.3. The molecular formula is C3H6N2O+. The van der Waals surface area contributed by atoms with Crippen LogP contribution in [0.25, 0.3) is 0 Å². The van der Waals surface area contributed by atoms with Gasteiger partial charge in [-0.1, -0.05) is 0 Å². The topological polar surface area (TPSA) is 32.1 Å². The van der Waals surface area contributed by atoms with Gasteiger partial charge in [-0.25, -0.2) is 5.32 Å². The van der Waals surface area contributed by atoms with E-state index in [1.165, 1.54) is 6.67 Å². The number of hydrogen-bond donors (Lipinski definition) is 1. The van der Waals surface area contributed by atoms with Crippen LogP contribution in [0.4, 0.5) is 0 Å². The molecule has 0 unspecified atom stereocenters. The second-order valence-electron chi connectivity index (χ2n) is 1.22. The van der Waals surface area contributed by atoms with Crippen molar-refractivity contribution < 1.29 is 4.76 Å². The van der Waals surface area contributed by atoms with E-state index in [9.17, 15) is 4.91 Å². The Kier molecular flexibility index (Phi) is 0.837. The molecule has 0 aromatic carbocycles. The summed E-state index contributed by atoms with van der Waals surface area (Å²) in [4.78, 5) is 10.0. The zero-order chi connectivity index (χ0) is 4.41. The summed E-state index contributed by atoms with van der Waals surface area (Å²) in [5.74, 6) is 0. The minimum absolute atomic E-state index is 0.597. The van der Waals surface area contributed by atoms with Crippen LogP contribution in [-0.2, 0) is 0 Å². The standard InChI is InChI=1S/C3H6N2O/c6-5-2-1-4-3-5/h3-4H,1-2H2/q+1. The highest BCUT2D eigenvalue weighted by Gasteiger charge is 2.15. The minimum Gasteiger partial charge on any atom is -0.242 e. The number of nitrogens with one attached hydrogen (secondary N) is 1. The quantitative estimate of drug-likeness (QED) is 0.402. The first-order valence-corrected chi connectivity index (χ1v) is 1.90. The van der Waals surface area contributed by atoms with Gasteiger partial charge in [-0.2, -0.15) is 0 Å². The average Bonchev–Trinajstić information content (AvgIpc) is 1.86. The summed E-state index contributed by atoms with van der Waals surface area (Å²) in [6.45, 7) is 2.82. The van der Waals surface area contributed by atoms with E-state index in [-0.39, 0.29) is 0 Å². The van der Waals surface area contributed by atoms with Crippen LogP contribution in [-0.4, -0.2) is 17.8 Å². The molecule has 1 heterocycles. The molecule has 1 fully saturated rings. The molecule has 0 aromatic heterocycles. The smallest absolute Gasteiger partial charge is 0.242 e. The average molecular weight is 86.1 g/mol. The Morgan fingerprint density at radius 2 is 2.67 bits per heavy atom. The first-order valence-electron chi connectivity index (χ1n) is 1.90. The Morgan fingerprint density at radius 1 is 1.83 bits per heavy atom. The molecule has 0 aromatic rings. The number of hydrogen-bond acceptors (Lipinski definition) is 2. The number of nitroso groups, excluding NO2 is 1. The lowest BCUT2D eigenvalue weighted by atomic mass is 10.7. The molecule has 0 bridgehead atoms. The SMILES string of the molecule is O=[N+]1[CH]NCC1. The Bertz CT molecular complexity index is 63.2. The van der Waals surface area contributed by atoms with Crippen molar-refractivity contribution >= 4 is 0 Å². The maximum Gasteiger partial charge on any atom is 0.335 e. The first kappa shape index (κ1) is 3.74. The highest BCUT2D eigenvalue weighted by Crippen LogP contribution is 1.81. The zero-order valence-electron chi connectivity index (χ0n) is 3.35. The van der Waals surface area contributed by atoms with E-state index in [1.54, 1.807) is 0 Å². The van der Waals surface area contributed by atoms with Crippen LogP contribution in [0.5, 0.6) is 0 Å². The second-order valence-corrected chi connectivity index (χ2v) is 1.22. The van der Waals surface area contributed by atoms with Crippen LogP contribution < -0.4 is 5.32 Å². The fourth-order valence-corrected chi connectivity index (χ4v) is 0.406. The monoisotopic (exact) mass is 86.0 g/mol. The maximum absolute atomic E-state index is 10.0. The third kappa shape index (κ3) is 0.542. The van der Waals surface area contributed by atoms with E-state index in [4.69, 9.17) is 0 Å². The zero-order valence-corrected chi connectivity index (χ0v) is 3.35. The Hall–Kier alpha value is -0.440. The van der Waals surface area contributed by atoms with Gasteiger partial charge in [0, 0.05) is 9.67 Å². The molecule has 1 saturated heterocycles. The second kappa shape index (κ2) is 1.34. The van der Waals surface area contributed by atoms with Crippen molar-refractivity contribution in [3.8, 4) is 0 Å². The van der Waals surface area contributed by atoms with E-state index < -0.39 is 0 Å². The fraction of sp³-hybridized carbons (Fsp3) is 0.667. The van der Waals surface area contributed by atoms with Crippen molar-refractivity contribution in [2.75, 3.05) is 13.1 Å². The molecule has 1 aliphatic rings. The molecule has 1 radical (unpaired) electrons. The van der Waals surface area contributed by atoms with Gasteiger partial charge in [0.2, 0.25) is 6.54 Å². The number of nitrogens with zero attached hydrogens (tertiary/aromatic N) is 1. The van der Waals surface area contributed by atoms with Crippen LogP contribution in [0.3, 0.4) is 0 Å². The van der Waals surface area contributed by atoms with Crippen molar-refractivity contribution in [2.45, 2.75) is 0 Å². The van der Waals surface area contributed by atoms with Gasteiger partial charge in [0.1, 0.15) is 0 Å². The Balaban J connectivity index is 2.37. The third-order valence-electron chi connectivity index (χ3n) is 0.712. The van der Waals surface area contributed by atoms with Gasteiger partial charge < -0.3 is 0 Å². The summed E-state index contributed by atoms with van der Waals surface area (Å²) >= 11 is 0. The minimum atomic E-state index is 0.597. The van der Waals surface area contributed by atoms with Crippen molar-refractivity contribution in [1.29, 1.82) is 0 Å². The van der Waals surface area contributed by atoms with Gasteiger partial charge in [-0.3, -0.25) is 0 Å². The lowest BCUT2D eigenvalue weighted by Crippen LogP contribution is -2.00. The molecule has 33 valence electrons. The van der Waals surface area contributed by atoms with Crippen LogP contribution in [0, 0.1) is 11.6 Å². The largest absolute Gasteiger partial charge is 0.335 e.